The zero-order valence-corrected chi connectivity index (χ0v) is 40.7. The number of carbonyl (C=O) groups excluding carboxylic acids is 1. The van der Waals surface area contributed by atoms with Crippen LogP contribution in [0.5, 0.6) is 5.75 Å². The summed E-state index contributed by atoms with van der Waals surface area (Å²) < 4.78 is 343. The Morgan fingerprint density at radius 2 is 0.639 bits per heavy atom. The van der Waals surface area contributed by atoms with E-state index >= 15 is 0 Å². The van der Waals surface area contributed by atoms with Gasteiger partial charge in [-0.2, -0.15) is 132 Å². The maximum atomic E-state index is 14.2. The number of aromatic hydroxyl groups is 1. The third kappa shape index (κ3) is 13.8. The Morgan fingerprint density at radius 3 is 0.940 bits per heavy atom. The molecule has 0 saturated carbocycles. The minimum atomic E-state index is -6.13. The highest BCUT2D eigenvalue weighted by atomic mass is 19.4. The van der Waals surface area contributed by atoms with E-state index in [0.717, 1.165) is 22.2 Å². The number of hydrogen-bond donors (Lipinski definition) is 1. The molecule has 0 atom stereocenters. The van der Waals surface area contributed by atoms with Gasteiger partial charge in [0, 0.05) is 28.6 Å². The summed E-state index contributed by atoms with van der Waals surface area (Å²) in [4.78, 5) is 12.8. The molecule has 1 N–H and O–H groups in total. The van der Waals surface area contributed by atoms with E-state index in [9.17, 15) is 115 Å². The molecule has 7 aromatic carbocycles. The van der Waals surface area contributed by atoms with Gasteiger partial charge >= 0.3 is 49.4 Å². The van der Waals surface area contributed by atoms with Crippen molar-refractivity contribution in [3.63, 3.8) is 0 Å². The first-order chi connectivity index (χ1) is 38.0. The molecule has 0 spiro atoms. The van der Waals surface area contributed by atoms with Gasteiger partial charge < -0.3 is 5.11 Å². The lowest BCUT2D eigenvalue weighted by Gasteiger charge is -2.46. The molecule has 0 bridgehead atoms. The van der Waals surface area contributed by atoms with Crippen molar-refractivity contribution >= 4 is 44.7 Å². The molecule has 0 saturated heterocycles. The average molecular weight is 1200 g/mol. The van der Waals surface area contributed by atoms with Crippen molar-refractivity contribution in [1.29, 1.82) is 0 Å². The van der Waals surface area contributed by atoms with Gasteiger partial charge in [-0.1, -0.05) is 91.0 Å². The number of Topliss-reactive ketones (excluding diaryl/α,β-unsaturated/α-hetero) is 1. The van der Waals surface area contributed by atoms with E-state index in [1.165, 1.54) is 0 Å². The topological polar surface area (TPSA) is 41.2 Å². The molecule has 0 aliphatic rings. The van der Waals surface area contributed by atoms with E-state index in [1.54, 1.807) is 12.1 Å². The summed E-state index contributed by atoms with van der Waals surface area (Å²) in [5.74, 6) is 0.286. The lowest BCUT2D eigenvalue weighted by Crippen LogP contribution is -2.75. The lowest BCUT2D eigenvalue weighted by atomic mass is 9.12. The summed E-state index contributed by atoms with van der Waals surface area (Å²) in [6.45, 7) is 0.252. The van der Waals surface area contributed by atoms with Crippen LogP contribution in [-0.2, 0) is 56.0 Å². The monoisotopic (exact) mass is 1200 g/mol. The van der Waals surface area contributed by atoms with Gasteiger partial charge in [0.05, 0.1) is 44.5 Å². The SMILES string of the molecule is FC(F)(F)c1cc([B-](c2cc(C(F)(F)F)cc(C(F)(F)F)c2)(c2cc(C(F)(F)F)cc(C(F)(F)F)c2)c2cc(C(F)(F)F)cc(C(F)(F)F)c2)cc(C(F)(F)F)c1.O=C(C[n+]1c(-c2ccc(O)cc2)ccc2ccccc21)c1ccccc1. The van der Waals surface area contributed by atoms with Gasteiger partial charge in [0.25, 0.3) is 0 Å². The Bertz CT molecular complexity index is 3250. The Labute approximate surface area is 450 Å². The van der Waals surface area contributed by atoms with Crippen LogP contribution in [0.3, 0.4) is 0 Å². The molecule has 1 aromatic heterocycles. The summed E-state index contributed by atoms with van der Waals surface area (Å²) >= 11 is 0. The van der Waals surface area contributed by atoms with Crippen LogP contribution >= 0.6 is 0 Å². The minimum absolute atomic E-state index is 0.0620. The molecule has 1 heterocycles. The van der Waals surface area contributed by atoms with Crippen LogP contribution < -0.4 is 26.4 Å². The Balaban J connectivity index is 0.000000313. The lowest BCUT2D eigenvalue weighted by molar-refractivity contribution is -0.646. The van der Waals surface area contributed by atoms with Crippen LogP contribution in [0.25, 0.3) is 22.2 Å². The number of aromatic nitrogens is 1. The van der Waals surface area contributed by atoms with Crippen molar-refractivity contribution in [2.75, 3.05) is 0 Å². The molecule has 8 rings (SSSR count). The van der Waals surface area contributed by atoms with Crippen LogP contribution in [0.15, 0.2) is 164 Å². The first-order valence-electron chi connectivity index (χ1n) is 23.1. The second kappa shape index (κ2) is 21.9. The number of alkyl halides is 24. The van der Waals surface area contributed by atoms with Gasteiger partial charge in [-0.05, 0) is 60.7 Å². The van der Waals surface area contributed by atoms with Gasteiger partial charge in [0.2, 0.25) is 23.5 Å². The van der Waals surface area contributed by atoms with Crippen molar-refractivity contribution in [2.45, 2.75) is 56.0 Å². The van der Waals surface area contributed by atoms with E-state index in [2.05, 4.69) is 6.07 Å². The number of nitrogens with zero attached hydrogens (tertiary/aromatic N) is 1. The normalized spacial score (nSPS) is 13.2. The smallest absolute Gasteiger partial charge is 0.416 e. The predicted molar refractivity (Wildman–Crippen MR) is 252 cm³/mol. The molecular formula is C55H30BF24NO2. The summed E-state index contributed by atoms with van der Waals surface area (Å²) in [5.41, 5.74) is -26.6. The van der Waals surface area contributed by atoms with Crippen LogP contribution in [0.4, 0.5) is 105 Å². The first kappa shape index (κ1) is 62.4. The van der Waals surface area contributed by atoms with E-state index < -0.39 is 195 Å². The van der Waals surface area contributed by atoms with Crippen LogP contribution in [0.2, 0.25) is 0 Å². The number of fused-ring (bicyclic) bond motifs is 1. The quantitative estimate of drug-likeness (QED) is 0.0713. The fraction of sp³-hybridized carbons (Fsp3) is 0.164. The summed E-state index contributed by atoms with van der Waals surface area (Å²) in [6, 6.07) is 19.7. The highest BCUT2D eigenvalue weighted by Gasteiger charge is 2.47. The molecule has 0 aliphatic heterocycles. The summed E-state index contributed by atoms with van der Waals surface area (Å²) in [5, 5.41) is 10.7. The molecular weight excluding hydrogens is 1170 g/mol. The number of phenols is 1. The molecule has 0 fully saturated rings. The highest BCUT2D eigenvalue weighted by Crippen LogP contribution is 2.42. The first-order valence-corrected chi connectivity index (χ1v) is 23.1. The molecule has 0 radical (unpaired) electrons. The number of benzene rings is 7. The van der Waals surface area contributed by atoms with Crippen LogP contribution in [0, 0.1) is 0 Å². The number of ketones is 1. The minimum Gasteiger partial charge on any atom is -0.508 e. The predicted octanol–water partition coefficient (Wildman–Crippen LogP) is 15.6. The highest BCUT2D eigenvalue weighted by molar-refractivity contribution is 7.20. The molecule has 8 aromatic rings. The van der Waals surface area contributed by atoms with Gasteiger partial charge in [-0.15, -0.1) is 0 Å². The van der Waals surface area contributed by atoms with Gasteiger partial charge in [-0.3, -0.25) is 4.79 Å². The summed E-state index contributed by atoms with van der Waals surface area (Å²) in [6.07, 6.45) is -54.8. The summed E-state index contributed by atoms with van der Waals surface area (Å²) in [7, 11) is 0. The van der Waals surface area contributed by atoms with Gasteiger partial charge in [0.15, 0.2) is 0 Å². The number of halogens is 24. The van der Waals surface area contributed by atoms with Crippen molar-refractivity contribution in [2.24, 2.45) is 0 Å². The molecule has 0 unspecified atom stereocenters. The number of para-hydroxylation sites is 1. The fourth-order valence-corrected chi connectivity index (χ4v) is 9.25. The Hall–Kier alpha value is -8.20. The molecule has 28 heteroatoms. The maximum Gasteiger partial charge on any atom is 0.416 e. The molecule has 438 valence electrons. The van der Waals surface area contributed by atoms with Crippen molar-refractivity contribution in [3.8, 4) is 17.0 Å². The second-order valence-electron chi connectivity index (χ2n) is 18.4. The van der Waals surface area contributed by atoms with Crippen molar-refractivity contribution in [3.05, 3.63) is 214 Å². The van der Waals surface area contributed by atoms with Gasteiger partial charge in [0.1, 0.15) is 11.9 Å². The molecule has 83 heavy (non-hydrogen) atoms. The second-order valence-corrected chi connectivity index (χ2v) is 18.4. The number of carbonyl (C=O) groups is 1. The van der Waals surface area contributed by atoms with E-state index in [0.29, 0.717) is 5.56 Å². The number of rotatable bonds is 8. The van der Waals surface area contributed by atoms with Crippen molar-refractivity contribution in [1.82, 2.24) is 0 Å². The van der Waals surface area contributed by atoms with Crippen molar-refractivity contribution < 1.29 is 120 Å². The van der Waals surface area contributed by atoms with E-state index in [4.69, 9.17) is 0 Å². The zero-order valence-electron chi connectivity index (χ0n) is 40.7. The zero-order chi connectivity index (χ0) is 61.8. The average Bonchev–Trinajstić information content (AvgIpc) is 0.883. The molecule has 0 amide bonds. The molecule has 3 nitrogen and oxygen atoms in total. The maximum absolute atomic E-state index is 14.2. The fourth-order valence-electron chi connectivity index (χ4n) is 9.25. The number of hydrogen-bond acceptors (Lipinski definition) is 2. The number of pyridine rings is 1. The third-order valence-electron chi connectivity index (χ3n) is 12.9. The largest absolute Gasteiger partial charge is 0.508 e. The Morgan fingerprint density at radius 1 is 0.349 bits per heavy atom. The van der Waals surface area contributed by atoms with E-state index in [-0.39, 0.29) is 18.1 Å². The molecule has 0 aliphatic carbocycles. The van der Waals surface area contributed by atoms with Crippen LogP contribution in [-0.4, -0.2) is 17.0 Å². The Kier molecular flexibility index (Phi) is 16.4. The number of phenolic OH excluding ortho intramolecular Hbond substituents is 1. The van der Waals surface area contributed by atoms with E-state index in [1.807, 2.05) is 77.4 Å². The van der Waals surface area contributed by atoms with Gasteiger partial charge in [-0.25, -0.2) is 0 Å². The standard InChI is InChI=1S/C32H12BF24.C23H17NO2/c34-25(35,36)13-1-14(26(37,38)39)6-21(5-13)33(22-7-15(27(40,41)42)2-16(8-22)28(43,44)45,23-9-17(29(46,47)48)3-18(10-23)30(49,50)51)24-11-19(31(52,53)54)4-20(12-24)32(55,56)57;25-20-13-10-18(11-14-20)22-15-12-17-6-4-5-9-21(17)24(22)16-23(26)19-7-2-1-3-8-19/h1-12H;1-15H,16H2/q-1;/p+1. The third-order valence-corrected chi connectivity index (χ3v) is 12.9. The van der Waals surface area contributed by atoms with Crippen LogP contribution in [0.1, 0.15) is 54.9 Å².